The topological polar surface area (TPSA) is 61.4 Å². The SMILES string of the molecule is CC(C)CCCC(=O)NCCCC(=O)N1CCN[C@@H]2CCCC=C21. The molecule has 0 aromatic heterocycles. The van der Waals surface area contributed by atoms with E-state index in [1.807, 2.05) is 4.90 Å². The average Bonchev–Trinajstić information content (AvgIpc) is 2.57. The van der Waals surface area contributed by atoms with E-state index in [9.17, 15) is 9.59 Å². The summed E-state index contributed by atoms with van der Waals surface area (Å²) in [6.45, 7) is 6.59. The van der Waals surface area contributed by atoms with Gasteiger partial charge in [0.2, 0.25) is 11.8 Å². The van der Waals surface area contributed by atoms with Crippen molar-refractivity contribution in [3.05, 3.63) is 11.8 Å². The molecule has 24 heavy (non-hydrogen) atoms. The number of nitrogens with zero attached hydrogens (tertiary/aromatic N) is 1. The Morgan fingerprint density at radius 2 is 2.17 bits per heavy atom. The van der Waals surface area contributed by atoms with Crippen LogP contribution in [0.5, 0.6) is 0 Å². The highest BCUT2D eigenvalue weighted by Gasteiger charge is 2.29. The standard InChI is InChI=1S/C19H33N3O2/c1-15(2)7-5-10-18(23)21-12-6-11-19(24)22-14-13-20-16-8-3-4-9-17(16)22/h9,15-16,20H,3-8,10-14H2,1-2H3,(H,21,23)/t16-/m1/s1. The van der Waals surface area contributed by atoms with Crippen LogP contribution in [0.4, 0.5) is 0 Å². The van der Waals surface area contributed by atoms with Gasteiger partial charge in [0.1, 0.15) is 0 Å². The van der Waals surface area contributed by atoms with E-state index in [2.05, 4.69) is 30.6 Å². The molecule has 1 atom stereocenters. The van der Waals surface area contributed by atoms with Crippen LogP contribution in [0.2, 0.25) is 0 Å². The Balaban J connectivity index is 1.64. The lowest BCUT2D eigenvalue weighted by Gasteiger charge is -2.38. The van der Waals surface area contributed by atoms with Crippen LogP contribution in [0.15, 0.2) is 11.8 Å². The summed E-state index contributed by atoms with van der Waals surface area (Å²) in [5.74, 6) is 0.955. The Kier molecular flexibility index (Phi) is 7.76. The number of piperazine rings is 1. The highest BCUT2D eigenvalue weighted by molar-refractivity contribution is 5.79. The first-order chi connectivity index (χ1) is 11.6. The molecule has 0 spiro atoms. The highest BCUT2D eigenvalue weighted by Crippen LogP contribution is 2.24. The number of nitrogens with one attached hydrogen (secondary N) is 2. The molecule has 2 N–H and O–H groups in total. The van der Waals surface area contributed by atoms with Crippen LogP contribution in [0.25, 0.3) is 0 Å². The number of fused-ring (bicyclic) bond motifs is 1. The zero-order valence-electron chi connectivity index (χ0n) is 15.3. The van der Waals surface area contributed by atoms with Crippen molar-refractivity contribution in [3.63, 3.8) is 0 Å². The Labute approximate surface area is 146 Å². The molecule has 1 saturated heterocycles. The number of hydrogen-bond donors (Lipinski definition) is 2. The van der Waals surface area contributed by atoms with Crippen LogP contribution < -0.4 is 10.6 Å². The lowest BCUT2D eigenvalue weighted by Crippen LogP contribution is -2.51. The summed E-state index contributed by atoms with van der Waals surface area (Å²) in [5.41, 5.74) is 1.18. The van der Waals surface area contributed by atoms with E-state index in [0.717, 1.165) is 45.2 Å². The first-order valence-electron chi connectivity index (χ1n) is 9.58. The summed E-state index contributed by atoms with van der Waals surface area (Å²) < 4.78 is 0. The molecule has 1 heterocycles. The van der Waals surface area contributed by atoms with Gasteiger partial charge in [0, 0.05) is 44.2 Å². The lowest BCUT2D eigenvalue weighted by atomic mass is 9.96. The van der Waals surface area contributed by atoms with E-state index in [0.29, 0.717) is 31.3 Å². The molecular formula is C19H33N3O2. The van der Waals surface area contributed by atoms with Crippen LogP contribution >= 0.6 is 0 Å². The fourth-order valence-corrected chi connectivity index (χ4v) is 3.48. The maximum Gasteiger partial charge on any atom is 0.226 e. The largest absolute Gasteiger partial charge is 0.356 e. The van der Waals surface area contributed by atoms with Crippen LogP contribution in [-0.2, 0) is 9.59 Å². The van der Waals surface area contributed by atoms with Crippen LogP contribution in [0.1, 0.15) is 65.2 Å². The Morgan fingerprint density at radius 3 is 2.96 bits per heavy atom. The molecule has 2 rings (SSSR count). The smallest absolute Gasteiger partial charge is 0.226 e. The predicted octanol–water partition coefficient (Wildman–Crippen LogP) is 2.58. The molecule has 1 fully saturated rings. The Morgan fingerprint density at radius 1 is 1.33 bits per heavy atom. The van der Waals surface area contributed by atoms with Crippen molar-refractivity contribution in [1.82, 2.24) is 15.5 Å². The fourth-order valence-electron chi connectivity index (χ4n) is 3.48. The van der Waals surface area contributed by atoms with Gasteiger partial charge in [0.05, 0.1) is 0 Å². The van der Waals surface area contributed by atoms with Gasteiger partial charge in [0.15, 0.2) is 0 Å². The number of allylic oxidation sites excluding steroid dienone is 1. The monoisotopic (exact) mass is 335 g/mol. The van der Waals surface area contributed by atoms with Crippen molar-refractivity contribution in [2.75, 3.05) is 19.6 Å². The second kappa shape index (κ2) is 9.82. The average molecular weight is 335 g/mol. The third kappa shape index (κ3) is 5.93. The Bertz CT molecular complexity index is 460. The van der Waals surface area contributed by atoms with E-state index in [4.69, 9.17) is 0 Å². The summed E-state index contributed by atoms with van der Waals surface area (Å²) in [7, 11) is 0. The summed E-state index contributed by atoms with van der Waals surface area (Å²) in [4.78, 5) is 26.2. The van der Waals surface area contributed by atoms with Crippen molar-refractivity contribution in [3.8, 4) is 0 Å². The van der Waals surface area contributed by atoms with Crippen molar-refractivity contribution < 1.29 is 9.59 Å². The first kappa shape index (κ1) is 19.0. The minimum atomic E-state index is 0.111. The molecule has 0 saturated carbocycles. The zero-order valence-corrected chi connectivity index (χ0v) is 15.3. The summed E-state index contributed by atoms with van der Waals surface area (Å²) >= 11 is 0. The van der Waals surface area contributed by atoms with Gasteiger partial charge in [-0.05, 0) is 38.0 Å². The third-order valence-electron chi connectivity index (χ3n) is 4.82. The number of hydrogen-bond acceptors (Lipinski definition) is 3. The van der Waals surface area contributed by atoms with Crippen LogP contribution in [-0.4, -0.2) is 42.4 Å². The first-order valence-corrected chi connectivity index (χ1v) is 9.58. The van der Waals surface area contributed by atoms with Crippen molar-refractivity contribution in [2.24, 2.45) is 5.92 Å². The van der Waals surface area contributed by atoms with E-state index < -0.39 is 0 Å². The van der Waals surface area contributed by atoms with Crippen molar-refractivity contribution >= 4 is 11.8 Å². The minimum Gasteiger partial charge on any atom is -0.356 e. The molecule has 0 bridgehead atoms. The molecule has 0 aromatic carbocycles. The van der Waals surface area contributed by atoms with E-state index in [1.54, 1.807) is 0 Å². The molecule has 0 aromatic rings. The molecule has 1 aliphatic heterocycles. The van der Waals surface area contributed by atoms with Gasteiger partial charge in [-0.15, -0.1) is 0 Å². The van der Waals surface area contributed by atoms with Gasteiger partial charge in [0.25, 0.3) is 0 Å². The maximum atomic E-state index is 12.5. The fraction of sp³-hybridized carbons (Fsp3) is 0.789. The number of carbonyl (C=O) groups is 2. The minimum absolute atomic E-state index is 0.111. The summed E-state index contributed by atoms with van der Waals surface area (Å²) in [6.07, 6.45) is 9.47. The van der Waals surface area contributed by atoms with E-state index in [-0.39, 0.29) is 11.8 Å². The van der Waals surface area contributed by atoms with Crippen molar-refractivity contribution in [2.45, 2.75) is 71.3 Å². The van der Waals surface area contributed by atoms with E-state index in [1.165, 1.54) is 12.1 Å². The lowest BCUT2D eigenvalue weighted by molar-refractivity contribution is -0.130. The summed E-state index contributed by atoms with van der Waals surface area (Å²) in [5, 5.41) is 6.43. The second-order valence-electron chi connectivity index (χ2n) is 7.35. The highest BCUT2D eigenvalue weighted by atomic mass is 16.2. The number of carbonyl (C=O) groups excluding carboxylic acids is 2. The molecule has 2 amide bonds. The molecular weight excluding hydrogens is 302 g/mol. The van der Waals surface area contributed by atoms with Crippen molar-refractivity contribution in [1.29, 1.82) is 0 Å². The van der Waals surface area contributed by atoms with Gasteiger partial charge in [-0.25, -0.2) is 0 Å². The normalized spacial score (nSPS) is 20.5. The Hall–Kier alpha value is -1.36. The molecule has 0 radical (unpaired) electrons. The molecule has 0 unspecified atom stereocenters. The molecule has 2 aliphatic rings. The van der Waals surface area contributed by atoms with Gasteiger partial charge < -0.3 is 15.5 Å². The molecule has 1 aliphatic carbocycles. The number of amides is 2. The van der Waals surface area contributed by atoms with Gasteiger partial charge in [-0.2, -0.15) is 0 Å². The van der Waals surface area contributed by atoms with Gasteiger partial charge >= 0.3 is 0 Å². The third-order valence-corrected chi connectivity index (χ3v) is 4.82. The number of rotatable bonds is 8. The quantitative estimate of drug-likeness (QED) is 0.670. The van der Waals surface area contributed by atoms with Gasteiger partial charge in [-0.3, -0.25) is 9.59 Å². The summed E-state index contributed by atoms with van der Waals surface area (Å²) in [6, 6.07) is 0.358. The molecule has 5 nitrogen and oxygen atoms in total. The molecule has 136 valence electrons. The van der Waals surface area contributed by atoms with Crippen LogP contribution in [0, 0.1) is 5.92 Å². The predicted molar refractivity (Wildman–Crippen MR) is 96.4 cm³/mol. The van der Waals surface area contributed by atoms with Gasteiger partial charge in [-0.1, -0.05) is 26.3 Å². The second-order valence-corrected chi connectivity index (χ2v) is 7.35. The van der Waals surface area contributed by atoms with E-state index >= 15 is 0 Å². The molecule has 5 heteroatoms. The zero-order chi connectivity index (χ0) is 17.4. The maximum absolute atomic E-state index is 12.5. The van der Waals surface area contributed by atoms with Crippen LogP contribution in [0.3, 0.4) is 0 Å².